The smallest absolute Gasteiger partial charge is 0.209 e. The van der Waals surface area contributed by atoms with Crippen molar-refractivity contribution < 1.29 is 8.42 Å². The molecule has 0 amide bonds. The maximum Gasteiger partial charge on any atom is 0.209 e. The van der Waals surface area contributed by atoms with Crippen LogP contribution in [-0.4, -0.2) is 37.2 Å². The lowest BCUT2D eigenvalue weighted by atomic mass is 9.98. The van der Waals surface area contributed by atoms with E-state index in [1.807, 2.05) is 30.6 Å². The Balaban J connectivity index is 1.87. The van der Waals surface area contributed by atoms with Gasteiger partial charge in [0.25, 0.3) is 0 Å². The Labute approximate surface area is 136 Å². The summed E-state index contributed by atoms with van der Waals surface area (Å²) in [5.74, 6) is 0.102. The second-order valence-electron chi connectivity index (χ2n) is 5.92. The Morgan fingerprint density at radius 1 is 1.22 bits per heavy atom. The molecule has 1 saturated heterocycles. The van der Waals surface area contributed by atoms with Crippen molar-refractivity contribution in [2.45, 2.75) is 12.8 Å². The van der Waals surface area contributed by atoms with Crippen molar-refractivity contribution in [3.05, 3.63) is 43.0 Å². The van der Waals surface area contributed by atoms with Gasteiger partial charge in [0, 0.05) is 54.7 Å². The summed E-state index contributed by atoms with van der Waals surface area (Å²) in [5, 5.41) is 5.21. The van der Waals surface area contributed by atoms with Crippen molar-refractivity contribution in [2.75, 3.05) is 23.7 Å². The van der Waals surface area contributed by atoms with Gasteiger partial charge in [0.05, 0.1) is 5.75 Å². The fourth-order valence-electron chi connectivity index (χ4n) is 3.16. The Morgan fingerprint density at radius 2 is 2.04 bits per heavy atom. The minimum absolute atomic E-state index is 0.0385. The van der Waals surface area contributed by atoms with E-state index >= 15 is 0 Å². The summed E-state index contributed by atoms with van der Waals surface area (Å²) in [6, 6.07) is 5.87. The van der Waals surface area contributed by atoms with Crippen LogP contribution in [0.25, 0.3) is 11.1 Å². The van der Waals surface area contributed by atoms with E-state index in [4.69, 9.17) is 5.14 Å². The van der Waals surface area contributed by atoms with Gasteiger partial charge in [-0.1, -0.05) is 6.07 Å². The van der Waals surface area contributed by atoms with E-state index in [2.05, 4.69) is 14.9 Å². The Morgan fingerprint density at radius 3 is 2.78 bits per heavy atom. The monoisotopic (exact) mass is 332 g/mol. The molecule has 1 unspecified atom stereocenters. The first-order valence-electron chi connectivity index (χ1n) is 7.63. The molecule has 6 nitrogen and oxygen atoms in total. The van der Waals surface area contributed by atoms with Crippen LogP contribution in [0.15, 0.2) is 43.0 Å². The Hall–Kier alpha value is -1.99. The van der Waals surface area contributed by atoms with Crippen LogP contribution in [0, 0.1) is 5.92 Å². The lowest BCUT2D eigenvalue weighted by molar-refractivity contribution is 0.444. The lowest BCUT2D eigenvalue weighted by Crippen LogP contribution is -2.39. The van der Waals surface area contributed by atoms with Crippen LogP contribution in [0.5, 0.6) is 0 Å². The lowest BCUT2D eigenvalue weighted by Gasteiger charge is -2.35. The molecule has 0 bridgehead atoms. The molecule has 3 rings (SSSR count). The number of aromatic nitrogens is 2. The number of rotatable bonds is 4. The molecule has 2 aromatic heterocycles. The number of anilines is 1. The molecular weight excluding hydrogens is 312 g/mol. The van der Waals surface area contributed by atoms with Gasteiger partial charge in [-0.3, -0.25) is 9.97 Å². The average molecular weight is 332 g/mol. The fourth-order valence-corrected chi connectivity index (χ4v) is 4.08. The van der Waals surface area contributed by atoms with Gasteiger partial charge in [0.15, 0.2) is 0 Å². The van der Waals surface area contributed by atoms with E-state index in [0.717, 1.165) is 36.2 Å². The molecule has 0 spiro atoms. The molecule has 1 atom stereocenters. The predicted molar refractivity (Wildman–Crippen MR) is 90.4 cm³/mol. The Bertz CT molecular complexity index is 765. The predicted octanol–water partition coefficient (Wildman–Crippen LogP) is 1.65. The molecule has 23 heavy (non-hydrogen) atoms. The van der Waals surface area contributed by atoms with Crippen LogP contribution < -0.4 is 10.0 Å². The minimum Gasteiger partial charge on any atom is -0.371 e. The summed E-state index contributed by atoms with van der Waals surface area (Å²) in [6.07, 6.45) is 8.98. The average Bonchev–Trinajstić information content (AvgIpc) is 2.54. The van der Waals surface area contributed by atoms with Crippen LogP contribution in [0.3, 0.4) is 0 Å². The van der Waals surface area contributed by atoms with Crippen molar-refractivity contribution in [1.29, 1.82) is 0 Å². The van der Waals surface area contributed by atoms with Crippen LogP contribution >= 0.6 is 0 Å². The topological polar surface area (TPSA) is 89.2 Å². The normalized spacial score (nSPS) is 18.8. The van der Waals surface area contributed by atoms with Crippen LogP contribution in [-0.2, 0) is 10.0 Å². The van der Waals surface area contributed by atoms with Gasteiger partial charge in [-0.05, 0) is 30.9 Å². The molecule has 1 fully saturated rings. The molecule has 3 heterocycles. The summed E-state index contributed by atoms with van der Waals surface area (Å²) < 4.78 is 22.7. The van der Waals surface area contributed by atoms with Crippen LogP contribution in [0.2, 0.25) is 0 Å². The SMILES string of the molecule is NS(=O)(=O)CC1CCCN(c2ccncc2-c2cccnc2)C1. The van der Waals surface area contributed by atoms with E-state index < -0.39 is 10.0 Å². The summed E-state index contributed by atoms with van der Waals surface area (Å²) in [6.45, 7) is 1.59. The second-order valence-corrected chi connectivity index (χ2v) is 7.58. The first-order valence-corrected chi connectivity index (χ1v) is 9.34. The molecule has 0 saturated carbocycles. The van der Waals surface area contributed by atoms with Crippen LogP contribution in [0.1, 0.15) is 12.8 Å². The Kier molecular flexibility index (Phi) is 4.58. The summed E-state index contributed by atoms with van der Waals surface area (Å²) in [5.41, 5.74) is 3.08. The third-order valence-corrected chi connectivity index (χ3v) is 5.03. The highest BCUT2D eigenvalue weighted by Gasteiger charge is 2.25. The van der Waals surface area contributed by atoms with E-state index in [1.54, 1.807) is 12.4 Å². The second kappa shape index (κ2) is 6.64. The van der Waals surface area contributed by atoms with Crippen LogP contribution in [0.4, 0.5) is 5.69 Å². The fraction of sp³-hybridized carbons (Fsp3) is 0.375. The summed E-state index contributed by atoms with van der Waals surface area (Å²) in [7, 11) is -3.44. The van der Waals surface area contributed by atoms with Gasteiger partial charge in [-0.2, -0.15) is 0 Å². The van der Waals surface area contributed by atoms with Crippen molar-refractivity contribution >= 4 is 15.7 Å². The van der Waals surface area contributed by atoms with Gasteiger partial charge in [-0.25, -0.2) is 13.6 Å². The summed E-state index contributed by atoms with van der Waals surface area (Å²) >= 11 is 0. The molecule has 1 aliphatic heterocycles. The molecule has 0 aliphatic carbocycles. The number of sulfonamides is 1. The van der Waals surface area contributed by atoms with Crippen molar-refractivity contribution in [3.8, 4) is 11.1 Å². The summed E-state index contributed by atoms with van der Waals surface area (Å²) in [4.78, 5) is 10.6. The molecular formula is C16H20N4O2S. The molecule has 0 aromatic carbocycles. The van der Waals surface area contributed by atoms with Crippen molar-refractivity contribution in [2.24, 2.45) is 11.1 Å². The molecule has 2 aromatic rings. The van der Waals surface area contributed by atoms with Crippen molar-refractivity contribution in [1.82, 2.24) is 9.97 Å². The van der Waals surface area contributed by atoms with Gasteiger partial charge in [0.2, 0.25) is 10.0 Å². The van der Waals surface area contributed by atoms with Crippen molar-refractivity contribution in [3.63, 3.8) is 0 Å². The maximum absolute atomic E-state index is 11.4. The number of primary sulfonamides is 1. The highest BCUT2D eigenvalue weighted by molar-refractivity contribution is 7.89. The number of nitrogens with zero attached hydrogens (tertiary/aromatic N) is 3. The highest BCUT2D eigenvalue weighted by Crippen LogP contribution is 2.32. The third kappa shape index (κ3) is 4.05. The number of hydrogen-bond donors (Lipinski definition) is 1. The minimum atomic E-state index is -3.44. The maximum atomic E-state index is 11.4. The van der Waals surface area contributed by atoms with E-state index in [0.29, 0.717) is 6.54 Å². The third-order valence-electron chi connectivity index (χ3n) is 4.10. The van der Waals surface area contributed by atoms with E-state index in [1.165, 1.54) is 0 Å². The van der Waals surface area contributed by atoms with Gasteiger partial charge in [0.1, 0.15) is 0 Å². The standard InChI is InChI=1S/C16H20N4O2S/c17-23(21,22)12-13-3-2-8-20(11-13)16-5-7-19-10-15(16)14-4-1-6-18-9-14/h1,4-7,9-10,13H,2-3,8,11-12H2,(H2,17,21,22). The first kappa shape index (κ1) is 15.9. The largest absolute Gasteiger partial charge is 0.371 e. The zero-order valence-corrected chi connectivity index (χ0v) is 13.6. The molecule has 0 radical (unpaired) electrons. The molecule has 122 valence electrons. The van der Waals surface area contributed by atoms with E-state index in [9.17, 15) is 8.42 Å². The number of piperidine rings is 1. The number of hydrogen-bond acceptors (Lipinski definition) is 5. The van der Waals surface area contributed by atoms with Gasteiger partial charge < -0.3 is 4.90 Å². The number of pyridine rings is 2. The van der Waals surface area contributed by atoms with Gasteiger partial charge >= 0.3 is 0 Å². The quantitative estimate of drug-likeness (QED) is 0.919. The van der Waals surface area contributed by atoms with E-state index in [-0.39, 0.29) is 11.7 Å². The first-order chi connectivity index (χ1) is 11.0. The molecule has 2 N–H and O–H groups in total. The zero-order valence-electron chi connectivity index (χ0n) is 12.8. The number of nitrogens with two attached hydrogens (primary N) is 1. The molecule has 1 aliphatic rings. The highest BCUT2D eigenvalue weighted by atomic mass is 32.2. The molecule has 7 heteroatoms. The van der Waals surface area contributed by atoms with Gasteiger partial charge in [-0.15, -0.1) is 0 Å². The zero-order chi connectivity index (χ0) is 16.3.